The standard InChI is InChI=1S/C18H21FN2O/c1-20(14-15-5-3-2-4-6-15)17-11-16(19)12-18(13-17)21-7-9-22-10-8-21/h2-6,11-13H,7-10,14H2,1H3. The van der Waals surface area contributed by atoms with E-state index in [1.165, 1.54) is 5.56 Å². The van der Waals surface area contributed by atoms with Crippen LogP contribution in [0.2, 0.25) is 0 Å². The second-order valence-electron chi connectivity index (χ2n) is 5.61. The maximum absolute atomic E-state index is 14.0. The van der Waals surface area contributed by atoms with Crippen molar-refractivity contribution in [3.05, 3.63) is 59.9 Å². The summed E-state index contributed by atoms with van der Waals surface area (Å²) in [6.07, 6.45) is 0. The normalized spacial score (nSPS) is 14.9. The van der Waals surface area contributed by atoms with E-state index >= 15 is 0 Å². The summed E-state index contributed by atoms with van der Waals surface area (Å²) in [5.74, 6) is -0.195. The quantitative estimate of drug-likeness (QED) is 0.861. The molecule has 1 saturated heterocycles. The number of ether oxygens (including phenoxy) is 1. The molecule has 0 unspecified atom stereocenters. The van der Waals surface area contributed by atoms with Crippen LogP contribution in [0.4, 0.5) is 15.8 Å². The Balaban J connectivity index is 1.79. The Morgan fingerprint density at radius 2 is 1.82 bits per heavy atom. The van der Waals surface area contributed by atoms with Crippen molar-refractivity contribution in [2.24, 2.45) is 0 Å². The van der Waals surface area contributed by atoms with E-state index in [1.807, 2.05) is 25.2 Å². The Hall–Kier alpha value is -2.07. The molecule has 22 heavy (non-hydrogen) atoms. The number of nitrogens with zero attached hydrogens (tertiary/aromatic N) is 2. The molecule has 0 radical (unpaired) electrons. The minimum atomic E-state index is -0.195. The van der Waals surface area contributed by atoms with Gasteiger partial charge in [0, 0.05) is 38.1 Å². The molecule has 2 aromatic rings. The smallest absolute Gasteiger partial charge is 0.127 e. The Morgan fingerprint density at radius 3 is 2.55 bits per heavy atom. The van der Waals surface area contributed by atoms with Crippen LogP contribution in [0.25, 0.3) is 0 Å². The van der Waals surface area contributed by atoms with Crippen molar-refractivity contribution in [2.45, 2.75) is 6.54 Å². The van der Waals surface area contributed by atoms with E-state index in [4.69, 9.17) is 4.74 Å². The first-order valence-electron chi connectivity index (χ1n) is 7.61. The predicted molar refractivity (Wildman–Crippen MR) is 88.0 cm³/mol. The Labute approximate surface area is 130 Å². The number of anilines is 2. The van der Waals surface area contributed by atoms with Gasteiger partial charge in [-0.05, 0) is 23.8 Å². The topological polar surface area (TPSA) is 15.7 Å². The van der Waals surface area contributed by atoms with Crippen LogP contribution in [0.3, 0.4) is 0 Å². The van der Waals surface area contributed by atoms with Crippen molar-refractivity contribution in [3.8, 4) is 0 Å². The van der Waals surface area contributed by atoms with E-state index in [-0.39, 0.29) is 5.82 Å². The van der Waals surface area contributed by atoms with E-state index in [0.29, 0.717) is 13.2 Å². The van der Waals surface area contributed by atoms with E-state index in [9.17, 15) is 4.39 Å². The highest BCUT2D eigenvalue weighted by Gasteiger charge is 2.14. The van der Waals surface area contributed by atoms with Gasteiger partial charge in [-0.2, -0.15) is 0 Å². The summed E-state index contributed by atoms with van der Waals surface area (Å²) in [6, 6.07) is 15.5. The first kappa shape index (κ1) is 14.9. The molecule has 0 bridgehead atoms. The number of benzene rings is 2. The molecule has 1 aliphatic heterocycles. The average molecular weight is 300 g/mol. The molecule has 0 spiro atoms. The Bertz CT molecular complexity index is 612. The zero-order valence-electron chi connectivity index (χ0n) is 12.8. The summed E-state index contributed by atoms with van der Waals surface area (Å²) in [5.41, 5.74) is 3.03. The van der Waals surface area contributed by atoms with Gasteiger partial charge in [-0.1, -0.05) is 30.3 Å². The van der Waals surface area contributed by atoms with Crippen LogP contribution in [-0.2, 0) is 11.3 Å². The molecule has 1 fully saturated rings. The highest BCUT2D eigenvalue weighted by atomic mass is 19.1. The summed E-state index contributed by atoms with van der Waals surface area (Å²) in [7, 11) is 1.99. The highest BCUT2D eigenvalue weighted by molar-refractivity contribution is 5.60. The number of hydrogen-bond acceptors (Lipinski definition) is 3. The summed E-state index contributed by atoms with van der Waals surface area (Å²) in [5, 5.41) is 0. The third kappa shape index (κ3) is 3.57. The van der Waals surface area contributed by atoms with E-state index in [0.717, 1.165) is 31.0 Å². The lowest BCUT2D eigenvalue weighted by molar-refractivity contribution is 0.122. The first-order valence-corrected chi connectivity index (χ1v) is 7.61. The van der Waals surface area contributed by atoms with Crippen LogP contribution >= 0.6 is 0 Å². The fourth-order valence-corrected chi connectivity index (χ4v) is 2.73. The van der Waals surface area contributed by atoms with E-state index in [2.05, 4.69) is 28.0 Å². The molecule has 0 aliphatic carbocycles. The molecule has 0 aromatic heterocycles. The molecule has 1 heterocycles. The lowest BCUT2D eigenvalue weighted by atomic mass is 10.2. The van der Waals surface area contributed by atoms with Gasteiger partial charge in [0.15, 0.2) is 0 Å². The summed E-state index contributed by atoms with van der Waals surface area (Å²) < 4.78 is 19.4. The third-order valence-corrected chi connectivity index (χ3v) is 3.95. The molecule has 0 saturated carbocycles. The predicted octanol–water partition coefficient (Wildman–Crippen LogP) is 3.30. The molecule has 3 nitrogen and oxygen atoms in total. The Kier molecular flexibility index (Phi) is 4.59. The second kappa shape index (κ2) is 6.79. The molecule has 2 aromatic carbocycles. The van der Waals surface area contributed by atoms with Crippen LogP contribution in [-0.4, -0.2) is 33.4 Å². The Morgan fingerprint density at radius 1 is 1.09 bits per heavy atom. The van der Waals surface area contributed by atoms with Gasteiger partial charge in [-0.15, -0.1) is 0 Å². The maximum Gasteiger partial charge on any atom is 0.127 e. The highest BCUT2D eigenvalue weighted by Crippen LogP contribution is 2.25. The van der Waals surface area contributed by atoms with Gasteiger partial charge < -0.3 is 14.5 Å². The summed E-state index contributed by atoms with van der Waals surface area (Å²) in [4.78, 5) is 4.24. The third-order valence-electron chi connectivity index (χ3n) is 3.95. The lowest BCUT2D eigenvalue weighted by Gasteiger charge is -2.30. The average Bonchev–Trinajstić information content (AvgIpc) is 2.56. The van der Waals surface area contributed by atoms with Crippen molar-refractivity contribution < 1.29 is 9.13 Å². The van der Waals surface area contributed by atoms with Crippen LogP contribution in [0.5, 0.6) is 0 Å². The summed E-state index contributed by atoms with van der Waals surface area (Å²) >= 11 is 0. The number of hydrogen-bond donors (Lipinski definition) is 0. The zero-order valence-corrected chi connectivity index (χ0v) is 12.8. The van der Waals surface area contributed by atoms with Crippen molar-refractivity contribution in [2.75, 3.05) is 43.2 Å². The second-order valence-corrected chi connectivity index (χ2v) is 5.61. The van der Waals surface area contributed by atoms with Crippen molar-refractivity contribution in [1.29, 1.82) is 0 Å². The van der Waals surface area contributed by atoms with Gasteiger partial charge in [-0.3, -0.25) is 0 Å². The van der Waals surface area contributed by atoms with Gasteiger partial charge in [0.1, 0.15) is 5.82 Å². The van der Waals surface area contributed by atoms with Crippen molar-refractivity contribution >= 4 is 11.4 Å². The van der Waals surface area contributed by atoms with Crippen LogP contribution in [0.1, 0.15) is 5.56 Å². The molecular formula is C18H21FN2O. The van der Waals surface area contributed by atoms with Gasteiger partial charge >= 0.3 is 0 Å². The van der Waals surface area contributed by atoms with Gasteiger partial charge in [-0.25, -0.2) is 4.39 Å². The van der Waals surface area contributed by atoms with E-state index in [1.54, 1.807) is 12.1 Å². The number of rotatable bonds is 4. The van der Waals surface area contributed by atoms with Crippen LogP contribution in [0, 0.1) is 5.82 Å². The largest absolute Gasteiger partial charge is 0.378 e. The molecule has 3 rings (SSSR count). The maximum atomic E-state index is 14.0. The number of halogens is 1. The molecule has 0 atom stereocenters. The lowest BCUT2D eigenvalue weighted by Crippen LogP contribution is -2.36. The summed E-state index contributed by atoms with van der Waals surface area (Å²) in [6.45, 7) is 3.78. The van der Waals surface area contributed by atoms with Gasteiger partial charge in [0.05, 0.1) is 13.2 Å². The van der Waals surface area contributed by atoms with Gasteiger partial charge in [0.2, 0.25) is 0 Å². The van der Waals surface area contributed by atoms with Crippen LogP contribution in [0.15, 0.2) is 48.5 Å². The minimum absolute atomic E-state index is 0.195. The van der Waals surface area contributed by atoms with Crippen LogP contribution < -0.4 is 9.80 Å². The molecule has 0 N–H and O–H groups in total. The molecular weight excluding hydrogens is 279 g/mol. The first-order chi connectivity index (χ1) is 10.7. The molecule has 116 valence electrons. The number of morpholine rings is 1. The minimum Gasteiger partial charge on any atom is -0.378 e. The molecule has 1 aliphatic rings. The zero-order chi connectivity index (χ0) is 15.4. The van der Waals surface area contributed by atoms with Crippen molar-refractivity contribution in [1.82, 2.24) is 0 Å². The molecule has 4 heteroatoms. The van der Waals surface area contributed by atoms with E-state index < -0.39 is 0 Å². The molecule has 0 amide bonds. The fraction of sp³-hybridized carbons (Fsp3) is 0.333. The van der Waals surface area contributed by atoms with Gasteiger partial charge in [0.25, 0.3) is 0 Å². The SMILES string of the molecule is CN(Cc1ccccc1)c1cc(F)cc(N2CCOCC2)c1. The monoisotopic (exact) mass is 300 g/mol. The van der Waals surface area contributed by atoms with Crippen molar-refractivity contribution in [3.63, 3.8) is 0 Å². The fourth-order valence-electron chi connectivity index (χ4n) is 2.73.